The van der Waals surface area contributed by atoms with Crippen LogP contribution in [0.25, 0.3) is 0 Å². The van der Waals surface area contributed by atoms with Crippen molar-refractivity contribution in [1.29, 1.82) is 0 Å². The van der Waals surface area contributed by atoms with Gasteiger partial charge in [-0.2, -0.15) is 0 Å². The van der Waals surface area contributed by atoms with E-state index in [1.165, 1.54) is 109 Å². The molecule has 1 unspecified atom stereocenters. The van der Waals surface area contributed by atoms with E-state index in [0.717, 1.165) is 128 Å². The summed E-state index contributed by atoms with van der Waals surface area (Å²) in [5, 5.41) is 0. The fraction of sp³-hybridized carbons (Fsp3) is 0.648. The van der Waals surface area contributed by atoms with E-state index < -0.39 is 6.10 Å². The second-order valence-electron chi connectivity index (χ2n) is 20.5. The van der Waals surface area contributed by atoms with Crippen molar-refractivity contribution in [3.05, 3.63) is 134 Å². The van der Waals surface area contributed by atoms with Gasteiger partial charge >= 0.3 is 17.9 Å². The van der Waals surface area contributed by atoms with Gasteiger partial charge in [-0.3, -0.25) is 14.4 Å². The Balaban J connectivity index is 4.41. The van der Waals surface area contributed by atoms with Crippen LogP contribution >= 0.6 is 0 Å². The van der Waals surface area contributed by atoms with Gasteiger partial charge in [0.2, 0.25) is 0 Å². The minimum Gasteiger partial charge on any atom is -0.462 e. The maximum Gasteiger partial charge on any atom is 0.306 e. The summed E-state index contributed by atoms with van der Waals surface area (Å²) in [6, 6.07) is 0. The Bertz CT molecular complexity index is 1650. The molecule has 0 N–H and O–H groups in total. The third-order valence-corrected chi connectivity index (χ3v) is 13.1. The van der Waals surface area contributed by atoms with Gasteiger partial charge in [0, 0.05) is 19.3 Å². The highest BCUT2D eigenvalue weighted by Gasteiger charge is 2.19. The van der Waals surface area contributed by atoms with E-state index in [-0.39, 0.29) is 31.1 Å². The van der Waals surface area contributed by atoms with Gasteiger partial charge in [0.25, 0.3) is 0 Å². The Kier molecular flexibility index (Phi) is 60.4. The molecule has 1 atom stereocenters. The number of unbranched alkanes of at least 4 members (excludes halogenated alkanes) is 23. The summed E-state index contributed by atoms with van der Waals surface area (Å²) >= 11 is 0. The van der Waals surface area contributed by atoms with Crippen LogP contribution in [-0.4, -0.2) is 37.2 Å². The molecule has 0 aromatic heterocycles. The first kappa shape index (κ1) is 72.5. The average Bonchev–Trinajstić information content (AvgIpc) is 3.43. The highest BCUT2D eigenvalue weighted by Crippen LogP contribution is 2.15. The van der Waals surface area contributed by atoms with Crippen LogP contribution in [0.15, 0.2) is 134 Å². The molecule has 436 valence electrons. The topological polar surface area (TPSA) is 78.9 Å². The predicted molar refractivity (Wildman–Crippen MR) is 334 cm³/mol. The molecule has 0 aliphatic carbocycles. The minimum atomic E-state index is -0.806. The van der Waals surface area contributed by atoms with E-state index in [2.05, 4.69) is 154 Å². The van der Waals surface area contributed by atoms with Gasteiger partial charge in [-0.1, -0.05) is 257 Å². The third-order valence-electron chi connectivity index (χ3n) is 13.1. The first-order valence-corrected chi connectivity index (χ1v) is 31.7. The van der Waals surface area contributed by atoms with Gasteiger partial charge in [-0.25, -0.2) is 0 Å². The molecule has 0 amide bonds. The van der Waals surface area contributed by atoms with E-state index in [0.29, 0.717) is 19.3 Å². The van der Waals surface area contributed by atoms with Crippen molar-refractivity contribution in [1.82, 2.24) is 0 Å². The molecule has 0 bridgehead atoms. The zero-order chi connectivity index (χ0) is 55.7. The molecule has 0 rings (SSSR count). The lowest BCUT2D eigenvalue weighted by atomic mass is 10.1. The average molecular weight is 1070 g/mol. The lowest BCUT2D eigenvalue weighted by Crippen LogP contribution is -2.30. The summed E-state index contributed by atoms with van der Waals surface area (Å²) < 4.78 is 16.9. The molecule has 0 aliphatic heterocycles. The number of carbonyl (C=O) groups excluding carboxylic acids is 3. The Labute approximate surface area is 475 Å². The highest BCUT2D eigenvalue weighted by molar-refractivity contribution is 5.71. The summed E-state index contributed by atoms with van der Waals surface area (Å²) in [7, 11) is 0. The van der Waals surface area contributed by atoms with Crippen molar-refractivity contribution in [3.8, 4) is 0 Å². The van der Waals surface area contributed by atoms with Crippen LogP contribution in [0.4, 0.5) is 0 Å². The van der Waals surface area contributed by atoms with Crippen LogP contribution in [0, 0.1) is 0 Å². The lowest BCUT2D eigenvalue weighted by Gasteiger charge is -2.18. The third kappa shape index (κ3) is 62.3. The van der Waals surface area contributed by atoms with Gasteiger partial charge in [-0.15, -0.1) is 0 Å². The van der Waals surface area contributed by atoms with Gasteiger partial charge in [0.1, 0.15) is 13.2 Å². The van der Waals surface area contributed by atoms with Crippen LogP contribution in [0.5, 0.6) is 0 Å². The van der Waals surface area contributed by atoms with Crippen molar-refractivity contribution in [2.24, 2.45) is 0 Å². The molecule has 0 radical (unpaired) electrons. The summed E-state index contributed by atoms with van der Waals surface area (Å²) in [4.78, 5) is 38.3. The van der Waals surface area contributed by atoms with Crippen LogP contribution in [-0.2, 0) is 28.6 Å². The summed E-state index contributed by atoms with van der Waals surface area (Å²) in [6.07, 6.45) is 90.3. The molecular formula is C71H116O6. The summed E-state index contributed by atoms with van der Waals surface area (Å²) in [5.74, 6) is -0.954. The van der Waals surface area contributed by atoms with Crippen LogP contribution in [0.1, 0.15) is 278 Å². The largest absolute Gasteiger partial charge is 0.462 e. The van der Waals surface area contributed by atoms with Crippen LogP contribution in [0.2, 0.25) is 0 Å². The molecule has 0 spiro atoms. The van der Waals surface area contributed by atoms with Gasteiger partial charge in [0.05, 0.1) is 0 Å². The standard InChI is InChI=1S/C71H116O6/c1-4-7-10-13-16-19-22-25-28-30-31-32-33-34-35-36-37-38-39-41-43-46-49-52-55-58-61-64-70(73)76-67-68(66-75-69(72)63-60-57-54-51-48-45-42-27-24-21-18-15-12-9-6-3)77-71(74)65-62-59-56-53-50-47-44-40-29-26-23-20-17-14-11-8-5-2/h7,9-10,12,16,18-19,21,25-29,31-32,34-35,37-38,42,48,51,68H,4-6,8,11,13-15,17,20,22-24,30,33,36,39-41,43-47,49-50,52-67H2,1-3H3/b10-7-,12-9-,19-16-,21-18-,28-25-,29-26-,32-31-,35-34-,38-37-,42-27-,51-48-. The summed E-state index contributed by atoms with van der Waals surface area (Å²) in [5.41, 5.74) is 0. The molecule has 6 heteroatoms. The smallest absolute Gasteiger partial charge is 0.306 e. The zero-order valence-corrected chi connectivity index (χ0v) is 49.9. The number of allylic oxidation sites excluding steroid dienone is 22. The van der Waals surface area contributed by atoms with Crippen LogP contribution in [0.3, 0.4) is 0 Å². The van der Waals surface area contributed by atoms with Gasteiger partial charge in [-0.05, 0) is 135 Å². The molecule has 0 aliphatic rings. The molecular weight excluding hydrogens is 949 g/mol. The van der Waals surface area contributed by atoms with Crippen LogP contribution < -0.4 is 0 Å². The van der Waals surface area contributed by atoms with Crippen molar-refractivity contribution in [2.75, 3.05) is 13.2 Å². The molecule has 0 saturated carbocycles. The first-order chi connectivity index (χ1) is 38.0. The fourth-order valence-corrected chi connectivity index (χ4v) is 8.43. The fourth-order valence-electron chi connectivity index (χ4n) is 8.43. The number of hydrogen-bond donors (Lipinski definition) is 0. The van der Waals surface area contributed by atoms with Crippen molar-refractivity contribution in [2.45, 2.75) is 284 Å². The normalized spacial score (nSPS) is 13.0. The highest BCUT2D eigenvalue weighted by atomic mass is 16.6. The second-order valence-corrected chi connectivity index (χ2v) is 20.5. The predicted octanol–water partition coefficient (Wildman–Crippen LogP) is 21.8. The molecule has 0 fully saturated rings. The van der Waals surface area contributed by atoms with Crippen molar-refractivity contribution >= 4 is 17.9 Å². The second kappa shape index (κ2) is 64.1. The molecule has 0 heterocycles. The van der Waals surface area contributed by atoms with Gasteiger partial charge < -0.3 is 14.2 Å². The molecule has 0 aromatic rings. The molecule has 0 saturated heterocycles. The number of carbonyl (C=O) groups is 3. The monoisotopic (exact) mass is 1060 g/mol. The van der Waals surface area contributed by atoms with E-state index in [1.807, 2.05) is 0 Å². The Morgan fingerprint density at radius 3 is 0.831 bits per heavy atom. The number of ether oxygens (including phenoxy) is 3. The summed E-state index contributed by atoms with van der Waals surface area (Å²) in [6.45, 7) is 6.37. The number of rotatable bonds is 56. The molecule has 6 nitrogen and oxygen atoms in total. The maximum atomic E-state index is 12.9. The Hall–Kier alpha value is -4.45. The van der Waals surface area contributed by atoms with Crippen molar-refractivity contribution in [3.63, 3.8) is 0 Å². The van der Waals surface area contributed by atoms with E-state index in [4.69, 9.17) is 14.2 Å². The Morgan fingerprint density at radius 1 is 0.273 bits per heavy atom. The molecule has 0 aromatic carbocycles. The number of hydrogen-bond acceptors (Lipinski definition) is 6. The maximum absolute atomic E-state index is 12.9. The first-order valence-electron chi connectivity index (χ1n) is 31.7. The molecule has 77 heavy (non-hydrogen) atoms. The zero-order valence-electron chi connectivity index (χ0n) is 49.9. The van der Waals surface area contributed by atoms with E-state index in [1.54, 1.807) is 0 Å². The SMILES string of the molecule is CC/C=C\C/C=C\C/C=C\C/C=C\C/C=C\C/C=C\CCCCCCCCCCC(=O)OCC(COC(=O)CCCC/C=C\C/C=C\C/C=C\C/C=C\CC)OC(=O)CCCCCCCCC/C=C\CCCCCCCC. The minimum absolute atomic E-state index is 0.101. The van der Waals surface area contributed by atoms with E-state index >= 15 is 0 Å². The van der Waals surface area contributed by atoms with Gasteiger partial charge in [0.15, 0.2) is 6.10 Å². The number of esters is 3. The quantitative estimate of drug-likeness (QED) is 0.0261. The Morgan fingerprint density at radius 2 is 0.506 bits per heavy atom. The van der Waals surface area contributed by atoms with Crippen molar-refractivity contribution < 1.29 is 28.6 Å². The van der Waals surface area contributed by atoms with E-state index in [9.17, 15) is 14.4 Å². The lowest BCUT2D eigenvalue weighted by molar-refractivity contribution is -0.167.